The third-order valence-electron chi connectivity index (χ3n) is 2.29. The lowest BCUT2D eigenvalue weighted by Crippen LogP contribution is -2.20. The monoisotopic (exact) mass is 321 g/mol. The smallest absolute Gasteiger partial charge is 0.422 e. The van der Waals surface area contributed by atoms with Gasteiger partial charge in [-0.05, 0) is 12.1 Å². The second-order valence-corrected chi connectivity index (χ2v) is 5.57. The molecule has 2 N–H and O–H groups in total. The number of imidazole rings is 1. The third-order valence-corrected chi connectivity index (χ3v) is 3.58. The van der Waals surface area contributed by atoms with Crippen molar-refractivity contribution < 1.29 is 26.3 Å². The lowest BCUT2D eigenvalue weighted by Gasteiger charge is -2.14. The molecule has 1 heterocycles. The fraction of sp³-hybridized carbons (Fsp3) is 0.182. The van der Waals surface area contributed by atoms with Gasteiger partial charge in [-0.25, -0.2) is 4.98 Å². The Morgan fingerprint density at radius 3 is 2.62 bits per heavy atom. The molecule has 1 aromatic heterocycles. The van der Waals surface area contributed by atoms with Gasteiger partial charge in [-0.15, -0.1) is 0 Å². The highest BCUT2D eigenvalue weighted by atomic mass is 32.2. The van der Waals surface area contributed by atoms with Gasteiger partial charge in [0.05, 0.1) is 18.2 Å². The van der Waals surface area contributed by atoms with E-state index in [4.69, 9.17) is 0 Å². The summed E-state index contributed by atoms with van der Waals surface area (Å²) in [4.78, 5) is 5.96. The van der Waals surface area contributed by atoms with Crippen LogP contribution in [0.15, 0.2) is 41.8 Å². The molecule has 2 aromatic rings. The molecule has 0 saturated heterocycles. The average Bonchev–Trinajstić information content (AvgIpc) is 2.91. The molecule has 0 aliphatic heterocycles. The number of para-hydroxylation sites is 2. The number of anilines is 1. The third kappa shape index (κ3) is 4.12. The molecule has 0 unspecified atom stereocenters. The zero-order valence-electron chi connectivity index (χ0n) is 10.4. The summed E-state index contributed by atoms with van der Waals surface area (Å²) < 4.78 is 67.1. The molecular formula is C11H10F3N3O3S. The number of ether oxygens (including phenoxy) is 1. The summed E-state index contributed by atoms with van der Waals surface area (Å²) in [5.41, 5.74) is -0.101. The van der Waals surface area contributed by atoms with E-state index in [9.17, 15) is 21.6 Å². The largest absolute Gasteiger partial charge is 0.482 e. The molecule has 0 fully saturated rings. The number of aromatic amines is 1. The van der Waals surface area contributed by atoms with E-state index in [1.165, 1.54) is 30.6 Å². The van der Waals surface area contributed by atoms with Gasteiger partial charge in [0.15, 0.2) is 11.6 Å². The molecule has 21 heavy (non-hydrogen) atoms. The first kappa shape index (κ1) is 15.2. The molecule has 0 saturated carbocycles. The van der Waals surface area contributed by atoms with Gasteiger partial charge in [0, 0.05) is 0 Å². The van der Waals surface area contributed by atoms with Crippen molar-refractivity contribution in [2.24, 2.45) is 0 Å². The Bertz CT molecular complexity index is 699. The number of nitrogens with zero attached hydrogens (tertiary/aromatic N) is 1. The summed E-state index contributed by atoms with van der Waals surface area (Å²) in [6.45, 7) is -1.52. The molecule has 0 aliphatic rings. The van der Waals surface area contributed by atoms with Crippen molar-refractivity contribution in [1.82, 2.24) is 9.97 Å². The first-order chi connectivity index (χ1) is 9.78. The molecule has 1 aromatic carbocycles. The minimum Gasteiger partial charge on any atom is -0.482 e. The fourth-order valence-corrected chi connectivity index (χ4v) is 2.40. The van der Waals surface area contributed by atoms with Crippen LogP contribution in [-0.4, -0.2) is 31.2 Å². The second kappa shape index (κ2) is 5.64. The molecule has 0 radical (unpaired) electrons. The van der Waals surface area contributed by atoms with Gasteiger partial charge in [-0.2, -0.15) is 21.6 Å². The van der Waals surface area contributed by atoms with Crippen LogP contribution in [0, 0.1) is 0 Å². The minimum atomic E-state index is -4.52. The van der Waals surface area contributed by atoms with Crippen molar-refractivity contribution in [1.29, 1.82) is 0 Å². The summed E-state index contributed by atoms with van der Waals surface area (Å²) in [5.74, 6) is -0.224. The van der Waals surface area contributed by atoms with E-state index < -0.39 is 22.8 Å². The van der Waals surface area contributed by atoms with Gasteiger partial charge in [0.25, 0.3) is 10.0 Å². The van der Waals surface area contributed by atoms with Crippen LogP contribution in [0.25, 0.3) is 0 Å². The normalized spacial score (nSPS) is 12.1. The second-order valence-electron chi connectivity index (χ2n) is 3.92. The molecule has 2 rings (SSSR count). The van der Waals surface area contributed by atoms with Crippen LogP contribution in [0.5, 0.6) is 5.75 Å². The number of alkyl halides is 3. The predicted octanol–water partition coefficient (Wildman–Crippen LogP) is 2.15. The summed E-state index contributed by atoms with van der Waals surface area (Å²) in [6.07, 6.45) is -2.28. The Labute approximate surface area is 118 Å². The van der Waals surface area contributed by atoms with Gasteiger partial charge < -0.3 is 9.72 Å². The number of benzene rings is 1. The highest BCUT2D eigenvalue weighted by Gasteiger charge is 2.29. The van der Waals surface area contributed by atoms with Crippen molar-refractivity contribution in [3.05, 3.63) is 36.8 Å². The Hall–Kier alpha value is -2.23. The maximum Gasteiger partial charge on any atom is 0.422 e. The standard InChI is InChI=1S/C11H10F3N3O3S/c12-11(13,14)6-20-9-4-2-1-3-8(9)17-21(18,19)10-5-15-7-16-10/h1-5,7,17H,6H2,(H,15,16). The van der Waals surface area contributed by atoms with Crippen LogP contribution in [0.1, 0.15) is 0 Å². The van der Waals surface area contributed by atoms with Gasteiger partial charge in [0.2, 0.25) is 0 Å². The molecule has 0 amide bonds. The van der Waals surface area contributed by atoms with Crippen molar-refractivity contribution >= 4 is 15.7 Å². The highest BCUT2D eigenvalue weighted by Crippen LogP contribution is 2.28. The molecular weight excluding hydrogens is 311 g/mol. The van der Waals surface area contributed by atoms with E-state index in [1.54, 1.807) is 0 Å². The van der Waals surface area contributed by atoms with Crippen molar-refractivity contribution in [2.75, 3.05) is 11.3 Å². The zero-order chi connectivity index (χ0) is 15.5. The highest BCUT2D eigenvalue weighted by molar-refractivity contribution is 7.92. The van der Waals surface area contributed by atoms with E-state index in [-0.39, 0.29) is 16.5 Å². The first-order valence-corrected chi connectivity index (χ1v) is 7.06. The van der Waals surface area contributed by atoms with Crippen molar-refractivity contribution in [2.45, 2.75) is 11.2 Å². The summed E-state index contributed by atoms with van der Waals surface area (Å²) in [6, 6.07) is 5.42. The van der Waals surface area contributed by atoms with Crippen LogP contribution in [0.3, 0.4) is 0 Å². The molecule has 10 heteroatoms. The Kier molecular flexibility index (Phi) is 4.07. The SMILES string of the molecule is O=S(=O)(Nc1ccccc1OCC(F)(F)F)c1cnc[nH]1. The average molecular weight is 321 g/mol. The van der Waals surface area contributed by atoms with Crippen molar-refractivity contribution in [3.63, 3.8) is 0 Å². The van der Waals surface area contributed by atoms with E-state index in [0.717, 1.165) is 6.20 Å². The van der Waals surface area contributed by atoms with Crippen LogP contribution in [0.4, 0.5) is 18.9 Å². The first-order valence-electron chi connectivity index (χ1n) is 5.58. The van der Waals surface area contributed by atoms with E-state index >= 15 is 0 Å². The van der Waals surface area contributed by atoms with E-state index in [1.807, 2.05) is 0 Å². The van der Waals surface area contributed by atoms with Gasteiger partial charge in [-0.3, -0.25) is 4.72 Å². The van der Waals surface area contributed by atoms with Crippen LogP contribution >= 0.6 is 0 Å². The Morgan fingerprint density at radius 2 is 2.00 bits per heavy atom. The number of aromatic nitrogens is 2. The van der Waals surface area contributed by atoms with E-state index in [2.05, 4.69) is 19.4 Å². The number of hydrogen-bond donors (Lipinski definition) is 2. The Balaban J connectivity index is 2.21. The van der Waals surface area contributed by atoms with Gasteiger partial charge in [-0.1, -0.05) is 12.1 Å². The molecule has 0 atom stereocenters. The number of hydrogen-bond acceptors (Lipinski definition) is 4. The number of rotatable bonds is 5. The lowest BCUT2D eigenvalue weighted by atomic mass is 10.3. The number of H-pyrrole nitrogens is 1. The summed E-state index contributed by atoms with van der Waals surface area (Å²) in [5, 5.41) is -0.215. The summed E-state index contributed by atoms with van der Waals surface area (Å²) >= 11 is 0. The maximum atomic E-state index is 12.2. The Morgan fingerprint density at radius 1 is 1.29 bits per heavy atom. The van der Waals surface area contributed by atoms with Gasteiger partial charge in [0.1, 0.15) is 5.75 Å². The molecule has 114 valence electrons. The predicted molar refractivity (Wildman–Crippen MR) is 67.4 cm³/mol. The zero-order valence-corrected chi connectivity index (χ0v) is 11.2. The van der Waals surface area contributed by atoms with E-state index in [0.29, 0.717) is 0 Å². The topological polar surface area (TPSA) is 84.1 Å². The van der Waals surface area contributed by atoms with Crippen LogP contribution < -0.4 is 9.46 Å². The number of halogens is 3. The quantitative estimate of drug-likeness (QED) is 0.884. The fourth-order valence-electron chi connectivity index (χ4n) is 1.43. The lowest BCUT2D eigenvalue weighted by molar-refractivity contribution is -0.153. The number of nitrogens with one attached hydrogen (secondary N) is 2. The molecule has 6 nitrogen and oxygen atoms in total. The minimum absolute atomic E-state index is 0.101. The van der Waals surface area contributed by atoms with Gasteiger partial charge >= 0.3 is 6.18 Å². The number of sulfonamides is 1. The van der Waals surface area contributed by atoms with Crippen LogP contribution in [-0.2, 0) is 10.0 Å². The molecule has 0 aliphatic carbocycles. The molecule has 0 spiro atoms. The van der Waals surface area contributed by atoms with Crippen molar-refractivity contribution in [3.8, 4) is 5.75 Å². The summed E-state index contributed by atoms with van der Waals surface area (Å²) in [7, 11) is -3.98. The molecule has 0 bridgehead atoms. The maximum absolute atomic E-state index is 12.2. The van der Waals surface area contributed by atoms with Crippen LogP contribution in [0.2, 0.25) is 0 Å².